The van der Waals surface area contributed by atoms with E-state index in [1.165, 1.54) is 0 Å². The Hall–Kier alpha value is -1.35. The van der Waals surface area contributed by atoms with Gasteiger partial charge in [0.05, 0.1) is 19.0 Å². The molecule has 1 unspecified atom stereocenters. The van der Waals surface area contributed by atoms with Crippen LogP contribution in [-0.2, 0) is 28.6 Å². The lowest BCUT2D eigenvalue weighted by Gasteiger charge is -2.23. The van der Waals surface area contributed by atoms with E-state index in [4.69, 9.17) is 9.47 Å². The van der Waals surface area contributed by atoms with Crippen LogP contribution in [-0.4, -0.2) is 51.1 Å². The van der Waals surface area contributed by atoms with E-state index in [-0.39, 0.29) is 0 Å². The second-order valence-corrected chi connectivity index (χ2v) is 7.32. The van der Waals surface area contributed by atoms with Gasteiger partial charge in [-0.15, -0.1) is 0 Å². The Balaban J connectivity index is 4.79. The van der Waals surface area contributed by atoms with Crippen LogP contribution in [0.2, 0.25) is 0 Å². The second kappa shape index (κ2) is 7.60. The molecule has 0 saturated heterocycles. The largest absolute Gasteiger partial charge is 0.461 e. The van der Waals surface area contributed by atoms with Gasteiger partial charge in [0.2, 0.25) is 0 Å². The van der Waals surface area contributed by atoms with Gasteiger partial charge in [0.15, 0.2) is 6.04 Å². The molecule has 0 radical (unpaired) electrons. The zero-order valence-electron chi connectivity index (χ0n) is 13.1. The van der Waals surface area contributed by atoms with Crippen molar-refractivity contribution in [1.82, 2.24) is 5.32 Å². The summed E-state index contributed by atoms with van der Waals surface area (Å²) in [5.41, 5.74) is -0.756. The van der Waals surface area contributed by atoms with Crippen LogP contribution in [0.4, 0.5) is 4.79 Å². The van der Waals surface area contributed by atoms with Crippen LogP contribution in [0.3, 0.4) is 0 Å². The summed E-state index contributed by atoms with van der Waals surface area (Å²) in [6.07, 6.45) is -0.449. The number of carbonyl (C=O) groups is 2. The third-order valence-electron chi connectivity index (χ3n) is 1.78. The van der Waals surface area contributed by atoms with E-state index in [9.17, 15) is 18.0 Å². The predicted octanol–water partition coefficient (Wildman–Crippen LogP) is 0.808. The average molecular weight is 325 g/mol. The Morgan fingerprint density at radius 2 is 1.71 bits per heavy atom. The van der Waals surface area contributed by atoms with Crippen LogP contribution in [0.25, 0.3) is 0 Å². The first-order valence-corrected chi connectivity index (χ1v) is 8.16. The molecule has 0 fully saturated rings. The third kappa shape index (κ3) is 11.0. The lowest BCUT2D eigenvalue weighted by atomic mass is 10.2. The average Bonchev–Trinajstić information content (AvgIpc) is 2.18. The molecule has 0 heterocycles. The smallest absolute Gasteiger partial charge is 0.408 e. The number of nitrogens with one attached hydrogen (secondary N) is 1. The molecule has 1 amide bonds. The van der Waals surface area contributed by atoms with Gasteiger partial charge in [-0.1, -0.05) is 0 Å². The van der Waals surface area contributed by atoms with E-state index in [1.54, 1.807) is 34.6 Å². The first-order valence-electron chi connectivity index (χ1n) is 6.34. The number of amides is 1. The Bertz CT molecular complexity index is 464. The number of carbonyl (C=O) groups excluding carboxylic acids is 2. The van der Waals surface area contributed by atoms with Gasteiger partial charge in [0.1, 0.15) is 5.60 Å². The molecule has 1 N–H and O–H groups in total. The first kappa shape index (κ1) is 19.7. The summed E-state index contributed by atoms with van der Waals surface area (Å²) in [5.74, 6) is -0.806. The topological polar surface area (TPSA) is 108 Å². The Morgan fingerprint density at radius 3 is 2.10 bits per heavy atom. The Morgan fingerprint density at radius 1 is 1.19 bits per heavy atom. The van der Waals surface area contributed by atoms with Crippen LogP contribution in [0.15, 0.2) is 0 Å². The van der Waals surface area contributed by atoms with E-state index in [1.807, 2.05) is 0 Å². The van der Waals surface area contributed by atoms with Crippen LogP contribution in [0.1, 0.15) is 34.6 Å². The van der Waals surface area contributed by atoms with Crippen molar-refractivity contribution in [2.45, 2.75) is 52.4 Å². The monoisotopic (exact) mass is 325 g/mol. The summed E-state index contributed by atoms with van der Waals surface area (Å²) >= 11 is 0. The fourth-order valence-electron chi connectivity index (χ4n) is 1.12. The van der Waals surface area contributed by atoms with Crippen molar-refractivity contribution in [3.63, 3.8) is 0 Å². The van der Waals surface area contributed by atoms with Crippen LogP contribution in [0, 0.1) is 0 Å². The van der Waals surface area contributed by atoms with Crippen LogP contribution in [0.5, 0.6) is 0 Å². The number of rotatable bonds is 6. The highest BCUT2D eigenvalue weighted by molar-refractivity contribution is 7.85. The van der Waals surface area contributed by atoms with Gasteiger partial charge in [-0.05, 0) is 34.6 Å². The summed E-state index contributed by atoms with van der Waals surface area (Å²) < 4.78 is 36.4. The minimum absolute atomic E-state index is 0.418. The molecular formula is C12H23NO7S. The van der Waals surface area contributed by atoms with E-state index in [0.717, 1.165) is 6.26 Å². The summed E-state index contributed by atoms with van der Waals surface area (Å²) in [6.45, 7) is 7.65. The van der Waals surface area contributed by atoms with E-state index in [2.05, 4.69) is 9.50 Å². The zero-order chi connectivity index (χ0) is 16.8. The fraction of sp³-hybridized carbons (Fsp3) is 0.833. The normalized spacial score (nSPS) is 13.7. The van der Waals surface area contributed by atoms with Crippen LogP contribution >= 0.6 is 0 Å². The molecule has 8 nitrogen and oxygen atoms in total. The maximum atomic E-state index is 11.8. The van der Waals surface area contributed by atoms with E-state index in [0.29, 0.717) is 0 Å². The predicted molar refractivity (Wildman–Crippen MR) is 75.2 cm³/mol. The lowest BCUT2D eigenvalue weighted by molar-refractivity contribution is -0.150. The van der Waals surface area contributed by atoms with Crippen molar-refractivity contribution in [3.8, 4) is 0 Å². The highest BCUT2D eigenvalue weighted by Gasteiger charge is 2.27. The van der Waals surface area contributed by atoms with Crippen molar-refractivity contribution in [3.05, 3.63) is 0 Å². The van der Waals surface area contributed by atoms with Gasteiger partial charge in [-0.3, -0.25) is 4.18 Å². The van der Waals surface area contributed by atoms with Gasteiger partial charge < -0.3 is 14.8 Å². The summed E-state index contributed by atoms with van der Waals surface area (Å²) in [5, 5.41) is 2.23. The Labute approximate surface area is 125 Å². The summed E-state index contributed by atoms with van der Waals surface area (Å²) in [4.78, 5) is 23.4. The second-order valence-electron chi connectivity index (χ2n) is 5.67. The number of ether oxygens (including phenoxy) is 2. The van der Waals surface area contributed by atoms with Crippen molar-refractivity contribution < 1.29 is 31.7 Å². The molecule has 0 saturated carbocycles. The molecule has 0 spiro atoms. The molecule has 21 heavy (non-hydrogen) atoms. The van der Waals surface area contributed by atoms with Crippen molar-refractivity contribution in [1.29, 1.82) is 0 Å². The molecule has 1 atom stereocenters. The highest BCUT2D eigenvalue weighted by Crippen LogP contribution is 2.07. The zero-order valence-corrected chi connectivity index (χ0v) is 13.9. The lowest BCUT2D eigenvalue weighted by Crippen LogP contribution is -2.47. The maximum absolute atomic E-state index is 11.8. The molecule has 0 aliphatic heterocycles. The molecule has 0 aliphatic carbocycles. The molecule has 124 valence electrons. The molecule has 0 rings (SSSR count). The van der Waals surface area contributed by atoms with Crippen molar-refractivity contribution in [2.75, 3.05) is 12.9 Å². The van der Waals surface area contributed by atoms with E-state index >= 15 is 0 Å². The van der Waals surface area contributed by atoms with Crippen LogP contribution < -0.4 is 5.32 Å². The number of esters is 1. The molecule has 0 aromatic rings. The number of alkyl carbamates (subject to hydrolysis) is 1. The van der Waals surface area contributed by atoms with Crippen molar-refractivity contribution >= 4 is 22.2 Å². The molecule has 9 heteroatoms. The van der Waals surface area contributed by atoms with Gasteiger partial charge in [0.25, 0.3) is 10.1 Å². The van der Waals surface area contributed by atoms with E-state index < -0.39 is 46.5 Å². The number of hydrogen-bond acceptors (Lipinski definition) is 7. The van der Waals surface area contributed by atoms with Gasteiger partial charge in [-0.2, -0.15) is 8.42 Å². The Kier molecular flexibility index (Phi) is 7.11. The minimum atomic E-state index is -3.75. The standard InChI is InChI=1S/C12H23NO7S/c1-8(2)19-10(14)9(7-18-21(6,16)17)13-11(15)20-12(3,4)5/h8-9H,7H2,1-6H3,(H,13,15). The maximum Gasteiger partial charge on any atom is 0.408 e. The molecule has 0 aromatic carbocycles. The quantitative estimate of drug-likeness (QED) is 0.568. The summed E-state index contributed by atoms with van der Waals surface area (Å²) in [7, 11) is -3.75. The number of hydrogen-bond donors (Lipinski definition) is 1. The van der Waals surface area contributed by atoms with Crippen molar-refractivity contribution in [2.24, 2.45) is 0 Å². The van der Waals surface area contributed by atoms with Gasteiger partial charge in [0, 0.05) is 0 Å². The first-order chi connectivity index (χ1) is 9.30. The molecule has 0 bridgehead atoms. The molecule has 0 aliphatic rings. The fourth-order valence-corrected chi connectivity index (χ4v) is 1.51. The summed E-state index contributed by atoms with van der Waals surface area (Å²) in [6, 6.07) is -1.28. The SMILES string of the molecule is CC(C)OC(=O)C(COS(C)(=O)=O)NC(=O)OC(C)(C)C. The third-order valence-corrected chi connectivity index (χ3v) is 2.34. The van der Waals surface area contributed by atoms with Gasteiger partial charge >= 0.3 is 12.1 Å². The highest BCUT2D eigenvalue weighted by atomic mass is 32.2. The minimum Gasteiger partial charge on any atom is -0.461 e. The molecule has 0 aromatic heterocycles. The van der Waals surface area contributed by atoms with Gasteiger partial charge in [-0.25, -0.2) is 9.59 Å². The molecular weight excluding hydrogens is 302 g/mol.